The van der Waals surface area contributed by atoms with E-state index in [1.165, 1.54) is 18.2 Å². The highest BCUT2D eigenvalue weighted by Gasteiger charge is 2.40. The quantitative estimate of drug-likeness (QED) is 0.300. The largest absolute Gasteiger partial charge is 0.478 e. The second-order valence-corrected chi connectivity index (χ2v) is 8.41. The molecule has 2 N–H and O–H groups in total. The number of carboxylic acids is 1. The summed E-state index contributed by atoms with van der Waals surface area (Å²) in [6, 6.07) is 19.5. The van der Waals surface area contributed by atoms with Gasteiger partial charge in [-0.3, -0.25) is 9.78 Å². The van der Waals surface area contributed by atoms with Crippen molar-refractivity contribution < 1.29 is 27.9 Å². The van der Waals surface area contributed by atoms with Gasteiger partial charge in [0, 0.05) is 24.3 Å². The Morgan fingerprint density at radius 1 is 0.921 bits per heavy atom. The first-order valence-electron chi connectivity index (χ1n) is 11.4. The molecule has 10 heteroatoms. The lowest BCUT2D eigenvalue weighted by Crippen LogP contribution is -2.26. The van der Waals surface area contributed by atoms with Gasteiger partial charge in [-0.15, -0.1) is 0 Å². The molecule has 0 saturated carbocycles. The fourth-order valence-corrected chi connectivity index (χ4v) is 4.30. The first kappa shape index (κ1) is 24.7. The number of para-hydroxylation sites is 1. The van der Waals surface area contributed by atoms with E-state index in [0.717, 1.165) is 17.1 Å². The van der Waals surface area contributed by atoms with Crippen LogP contribution in [-0.2, 0) is 12.7 Å². The van der Waals surface area contributed by atoms with Gasteiger partial charge in [0.15, 0.2) is 5.69 Å². The Bertz CT molecular complexity index is 1660. The van der Waals surface area contributed by atoms with Crippen molar-refractivity contribution in [2.24, 2.45) is 0 Å². The zero-order valence-electron chi connectivity index (χ0n) is 19.6. The molecule has 7 nitrogen and oxygen atoms in total. The fourth-order valence-electron chi connectivity index (χ4n) is 4.30. The number of pyridine rings is 1. The summed E-state index contributed by atoms with van der Waals surface area (Å²) in [6.45, 7) is -0.0652. The molecule has 1 amide bonds. The molecule has 2 aromatic heterocycles. The number of hydrogen-bond acceptors (Lipinski definition) is 4. The van der Waals surface area contributed by atoms with Crippen molar-refractivity contribution in [2.45, 2.75) is 12.7 Å². The lowest BCUT2D eigenvalue weighted by atomic mass is 9.95. The Labute approximate surface area is 214 Å². The van der Waals surface area contributed by atoms with Crippen LogP contribution in [0.5, 0.6) is 0 Å². The van der Waals surface area contributed by atoms with Gasteiger partial charge in [0.25, 0.3) is 5.91 Å². The predicted molar refractivity (Wildman–Crippen MR) is 134 cm³/mol. The third-order valence-electron chi connectivity index (χ3n) is 6.05. The lowest BCUT2D eigenvalue weighted by molar-refractivity contribution is -0.143. The van der Waals surface area contributed by atoms with Crippen molar-refractivity contribution in [2.75, 3.05) is 0 Å². The molecule has 3 aromatic carbocycles. The van der Waals surface area contributed by atoms with Gasteiger partial charge in [-0.1, -0.05) is 42.5 Å². The Balaban J connectivity index is 1.46. The van der Waals surface area contributed by atoms with E-state index in [1.54, 1.807) is 67.0 Å². The number of fused-ring (bicyclic) bond motifs is 1. The molecule has 5 rings (SSSR count). The van der Waals surface area contributed by atoms with Gasteiger partial charge in [-0.2, -0.15) is 18.3 Å². The van der Waals surface area contributed by atoms with E-state index in [4.69, 9.17) is 0 Å². The fraction of sp³-hybridized carbons (Fsp3) is 0.0714. The van der Waals surface area contributed by atoms with Crippen LogP contribution in [-0.4, -0.2) is 31.7 Å². The summed E-state index contributed by atoms with van der Waals surface area (Å²) in [4.78, 5) is 28.5. The number of rotatable bonds is 6. The van der Waals surface area contributed by atoms with Crippen LogP contribution >= 0.6 is 0 Å². The smallest absolute Gasteiger partial charge is 0.434 e. The van der Waals surface area contributed by atoms with Gasteiger partial charge in [-0.25, -0.2) is 9.48 Å². The van der Waals surface area contributed by atoms with E-state index in [0.29, 0.717) is 21.2 Å². The molecule has 0 aliphatic carbocycles. The summed E-state index contributed by atoms with van der Waals surface area (Å²) in [5.74, 6) is -1.97. The number of nitrogens with zero attached hydrogens (tertiary/aromatic N) is 3. The monoisotopic (exact) mass is 516 g/mol. The predicted octanol–water partition coefficient (Wildman–Crippen LogP) is 5.73. The summed E-state index contributed by atoms with van der Waals surface area (Å²) >= 11 is 0. The van der Waals surface area contributed by atoms with Crippen LogP contribution in [0.4, 0.5) is 13.2 Å². The van der Waals surface area contributed by atoms with Crippen LogP contribution in [0.3, 0.4) is 0 Å². The highest BCUT2D eigenvalue weighted by molar-refractivity contribution is 6.00. The molecule has 2 heterocycles. The average Bonchev–Trinajstić information content (AvgIpc) is 3.38. The molecule has 38 heavy (non-hydrogen) atoms. The number of hydrogen-bond donors (Lipinski definition) is 2. The number of carbonyl (C=O) groups is 2. The van der Waals surface area contributed by atoms with Crippen molar-refractivity contribution in [3.05, 3.63) is 114 Å². The number of nitrogens with one attached hydrogen (secondary N) is 1. The molecule has 0 aliphatic heterocycles. The molecule has 5 aromatic rings. The number of halogens is 3. The topological polar surface area (TPSA) is 97.1 Å². The molecular weight excluding hydrogens is 497 g/mol. The first-order chi connectivity index (χ1) is 18.2. The van der Waals surface area contributed by atoms with Crippen molar-refractivity contribution >= 4 is 22.6 Å². The molecule has 0 saturated heterocycles. The van der Waals surface area contributed by atoms with E-state index >= 15 is 0 Å². The summed E-state index contributed by atoms with van der Waals surface area (Å²) in [5.41, 5.74) is 0.621. The second-order valence-electron chi connectivity index (χ2n) is 8.41. The summed E-state index contributed by atoms with van der Waals surface area (Å²) < 4.78 is 42.6. The van der Waals surface area contributed by atoms with E-state index in [-0.39, 0.29) is 17.8 Å². The third-order valence-corrected chi connectivity index (χ3v) is 6.05. The van der Waals surface area contributed by atoms with E-state index in [1.807, 2.05) is 0 Å². The SMILES string of the molecule is O=C(O)c1cccc(-c2ccc(CNC(=O)c3cnn(-c4ccccc4)c3C(F)(F)F)c3cnccc23)c1. The number of benzene rings is 3. The standard InChI is InChI=1S/C28H19F3N4O3/c29-28(30,31)25-24(16-34-35(25)20-7-2-1-3-8-20)26(36)33-14-19-9-10-21(22-11-12-32-15-23(19)22)17-5-4-6-18(13-17)27(37)38/h1-13,15-16H,14H2,(H,33,36)(H,37,38). The highest BCUT2D eigenvalue weighted by Crippen LogP contribution is 2.34. The summed E-state index contributed by atoms with van der Waals surface area (Å²) in [7, 11) is 0. The zero-order valence-corrected chi connectivity index (χ0v) is 19.6. The average molecular weight is 516 g/mol. The Kier molecular flexibility index (Phi) is 6.38. The minimum Gasteiger partial charge on any atom is -0.478 e. The van der Waals surface area contributed by atoms with Crippen molar-refractivity contribution in [1.82, 2.24) is 20.1 Å². The van der Waals surface area contributed by atoms with Crippen LogP contribution in [0.25, 0.3) is 27.6 Å². The molecule has 0 spiro atoms. The van der Waals surface area contributed by atoms with E-state index in [2.05, 4.69) is 15.4 Å². The molecule has 0 aliphatic rings. The van der Waals surface area contributed by atoms with Gasteiger partial charge in [0.05, 0.1) is 23.0 Å². The normalized spacial score (nSPS) is 11.4. The maximum Gasteiger partial charge on any atom is 0.434 e. The molecule has 0 radical (unpaired) electrons. The number of carbonyl (C=O) groups excluding carboxylic acids is 1. The maximum atomic E-state index is 14.0. The third kappa shape index (κ3) is 4.71. The maximum absolute atomic E-state index is 14.0. The van der Waals surface area contributed by atoms with Gasteiger partial charge >= 0.3 is 12.1 Å². The summed E-state index contributed by atoms with van der Waals surface area (Å²) in [5, 5.41) is 17.2. The van der Waals surface area contributed by atoms with Gasteiger partial charge in [0.2, 0.25) is 0 Å². The molecule has 0 atom stereocenters. The zero-order chi connectivity index (χ0) is 26.9. The van der Waals surface area contributed by atoms with Gasteiger partial charge in [0.1, 0.15) is 0 Å². The molecule has 0 fully saturated rings. The van der Waals surface area contributed by atoms with Crippen molar-refractivity contribution in [3.8, 4) is 16.8 Å². The Morgan fingerprint density at radius 3 is 2.45 bits per heavy atom. The van der Waals surface area contributed by atoms with E-state index in [9.17, 15) is 27.9 Å². The lowest BCUT2D eigenvalue weighted by Gasteiger charge is -2.14. The Morgan fingerprint density at radius 2 is 1.71 bits per heavy atom. The van der Waals surface area contributed by atoms with Gasteiger partial charge < -0.3 is 10.4 Å². The molecule has 190 valence electrons. The van der Waals surface area contributed by atoms with Crippen molar-refractivity contribution in [3.63, 3.8) is 0 Å². The van der Waals surface area contributed by atoms with Crippen LogP contribution in [0.2, 0.25) is 0 Å². The number of alkyl halides is 3. The summed E-state index contributed by atoms with van der Waals surface area (Å²) in [6.07, 6.45) is -0.732. The molecular formula is C28H19F3N4O3. The molecule has 0 unspecified atom stereocenters. The minimum atomic E-state index is -4.82. The van der Waals surface area contributed by atoms with Gasteiger partial charge in [-0.05, 0) is 52.4 Å². The number of carboxylic acid groups (broad SMARTS) is 1. The van der Waals surface area contributed by atoms with Crippen LogP contribution < -0.4 is 5.32 Å². The number of aromatic nitrogens is 3. The van der Waals surface area contributed by atoms with Crippen LogP contribution in [0, 0.1) is 0 Å². The van der Waals surface area contributed by atoms with Crippen LogP contribution in [0.15, 0.2) is 91.4 Å². The first-order valence-corrected chi connectivity index (χ1v) is 11.4. The number of amides is 1. The Hall–Kier alpha value is -4.99. The number of aromatic carboxylic acids is 1. The second kappa shape index (κ2) is 9.81. The molecule has 0 bridgehead atoms. The van der Waals surface area contributed by atoms with E-state index < -0.39 is 29.3 Å². The minimum absolute atomic E-state index is 0.0652. The van der Waals surface area contributed by atoms with Crippen molar-refractivity contribution in [1.29, 1.82) is 0 Å². The highest BCUT2D eigenvalue weighted by atomic mass is 19.4. The van der Waals surface area contributed by atoms with Crippen LogP contribution in [0.1, 0.15) is 32.0 Å².